The Morgan fingerprint density at radius 1 is 0.382 bits per heavy atom. The number of aromatic nitrogens is 2. The number of para-hydroxylation sites is 2. The SMILES string of the molecule is Fc1ccc(N(c2ccc3c(c2)c2ccccc2n3Cc2cc(F)c(F)c(F)c2)c2ccc3c(c2)c2ccccc2n3Cc2cc(F)c(F)c(F)c2)c(F)c1. The molecule has 0 spiro atoms. The number of anilines is 3. The molecule has 0 aliphatic heterocycles. The van der Waals surface area contributed by atoms with Gasteiger partial charge in [-0.2, -0.15) is 0 Å². The predicted octanol–water partition coefficient (Wildman–Crippen LogP) is 12.6. The molecule has 0 unspecified atom stereocenters. The Morgan fingerprint density at radius 3 is 1.24 bits per heavy atom. The average molecular weight is 748 g/mol. The van der Waals surface area contributed by atoms with Gasteiger partial charge in [0, 0.05) is 74.1 Å². The first-order chi connectivity index (χ1) is 26.5. The van der Waals surface area contributed by atoms with Crippen molar-refractivity contribution in [3.8, 4) is 0 Å². The van der Waals surface area contributed by atoms with Crippen LogP contribution in [-0.2, 0) is 13.1 Å². The molecule has 0 saturated carbocycles. The van der Waals surface area contributed by atoms with Crippen LogP contribution < -0.4 is 4.90 Å². The number of hydrogen-bond acceptors (Lipinski definition) is 1. The number of halogens is 8. The highest BCUT2D eigenvalue weighted by Crippen LogP contribution is 2.42. The summed E-state index contributed by atoms with van der Waals surface area (Å²) in [6, 6.07) is 32.6. The maximum Gasteiger partial charge on any atom is 0.194 e. The van der Waals surface area contributed by atoms with E-state index in [1.165, 1.54) is 6.07 Å². The topological polar surface area (TPSA) is 13.1 Å². The van der Waals surface area contributed by atoms with Crippen LogP contribution in [0.25, 0.3) is 43.6 Å². The highest BCUT2D eigenvalue weighted by Gasteiger charge is 2.22. The lowest BCUT2D eigenvalue weighted by molar-refractivity contribution is 0.445. The first-order valence-electron chi connectivity index (χ1n) is 17.1. The maximum atomic E-state index is 15.8. The zero-order valence-electron chi connectivity index (χ0n) is 28.4. The summed E-state index contributed by atoms with van der Waals surface area (Å²) >= 11 is 0. The lowest BCUT2D eigenvalue weighted by Gasteiger charge is -2.26. The summed E-state index contributed by atoms with van der Waals surface area (Å²) in [5.41, 5.74) is 4.29. The Labute approximate surface area is 307 Å². The van der Waals surface area contributed by atoms with Crippen LogP contribution in [0, 0.1) is 46.5 Å². The van der Waals surface area contributed by atoms with E-state index in [9.17, 15) is 30.7 Å². The first kappa shape index (κ1) is 34.2. The molecular formula is C44H25F8N3. The van der Waals surface area contributed by atoms with E-state index in [2.05, 4.69) is 0 Å². The summed E-state index contributed by atoms with van der Waals surface area (Å²) < 4.78 is 118. The molecule has 272 valence electrons. The molecule has 3 nitrogen and oxygen atoms in total. The third kappa shape index (κ3) is 5.74. The van der Waals surface area contributed by atoms with Crippen molar-refractivity contribution in [2.24, 2.45) is 0 Å². The zero-order valence-corrected chi connectivity index (χ0v) is 28.4. The molecule has 0 bridgehead atoms. The van der Waals surface area contributed by atoms with Crippen LogP contribution in [0.5, 0.6) is 0 Å². The molecule has 2 aromatic heterocycles. The highest BCUT2D eigenvalue weighted by atomic mass is 19.2. The van der Waals surface area contributed by atoms with Crippen molar-refractivity contribution in [2.75, 3.05) is 4.90 Å². The van der Waals surface area contributed by atoms with Crippen LogP contribution in [0.4, 0.5) is 52.2 Å². The summed E-state index contributed by atoms with van der Waals surface area (Å²) in [6.45, 7) is 0.0391. The van der Waals surface area contributed by atoms with E-state index in [1.807, 2.05) is 69.8 Å². The molecule has 0 amide bonds. The second kappa shape index (κ2) is 13.0. The second-order valence-corrected chi connectivity index (χ2v) is 13.3. The van der Waals surface area contributed by atoms with Crippen LogP contribution in [0.2, 0.25) is 0 Å². The molecule has 0 fully saturated rings. The van der Waals surface area contributed by atoms with Crippen molar-refractivity contribution in [2.45, 2.75) is 13.1 Å². The standard InChI is InChI=1S/C44H25F8N3/c45-26-9-12-42(33(46)19-26)55(27-10-13-40-31(20-27)29-5-1-3-7-38(29)53(40)22-24-15-34(47)43(51)35(48)16-24)28-11-14-41-32(21-28)30-6-2-4-8-39(30)54(41)23-25-17-36(49)44(52)37(50)18-25/h1-21H,22-23H2. The number of rotatable bonds is 7. The molecule has 0 N–H and O–H groups in total. The molecule has 0 aliphatic rings. The van der Waals surface area contributed by atoms with Gasteiger partial charge in [0.05, 0.1) is 5.69 Å². The van der Waals surface area contributed by atoms with E-state index in [0.29, 0.717) is 22.4 Å². The summed E-state index contributed by atoms with van der Waals surface area (Å²) in [5.74, 6) is -9.88. The van der Waals surface area contributed by atoms with E-state index < -0.39 is 46.5 Å². The molecule has 55 heavy (non-hydrogen) atoms. The van der Waals surface area contributed by atoms with Gasteiger partial charge in [-0.05, 0) is 96.1 Å². The normalized spacial score (nSPS) is 11.8. The van der Waals surface area contributed by atoms with Crippen molar-refractivity contribution in [3.63, 3.8) is 0 Å². The lowest BCUT2D eigenvalue weighted by Crippen LogP contribution is -2.12. The molecule has 0 saturated heterocycles. The fraction of sp³-hybridized carbons (Fsp3) is 0.0455. The van der Waals surface area contributed by atoms with E-state index >= 15 is 4.39 Å². The predicted molar refractivity (Wildman–Crippen MR) is 198 cm³/mol. The van der Waals surface area contributed by atoms with Crippen molar-refractivity contribution in [1.82, 2.24) is 9.13 Å². The zero-order chi connectivity index (χ0) is 38.1. The summed E-state index contributed by atoms with van der Waals surface area (Å²) in [7, 11) is 0. The molecule has 7 aromatic carbocycles. The van der Waals surface area contributed by atoms with Gasteiger partial charge in [0.25, 0.3) is 0 Å². The van der Waals surface area contributed by atoms with Crippen LogP contribution in [-0.4, -0.2) is 9.13 Å². The number of fused-ring (bicyclic) bond motifs is 6. The number of hydrogen-bond donors (Lipinski definition) is 0. The summed E-state index contributed by atoms with van der Waals surface area (Å²) in [5, 5.41) is 3.02. The maximum absolute atomic E-state index is 15.8. The summed E-state index contributed by atoms with van der Waals surface area (Å²) in [6.07, 6.45) is 0. The van der Waals surface area contributed by atoms with E-state index in [-0.39, 0.29) is 29.9 Å². The van der Waals surface area contributed by atoms with E-state index in [0.717, 1.165) is 69.0 Å². The lowest BCUT2D eigenvalue weighted by atomic mass is 10.1. The van der Waals surface area contributed by atoms with Gasteiger partial charge in [0.1, 0.15) is 11.6 Å². The highest BCUT2D eigenvalue weighted by molar-refractivity contribution is 6.11. The third-order valence-corrected chi connectivity index (χ3v) is 9.95. The van der Waals surface area contributed by atoms with Gasteiger partial charge >= 0.3 is 0 Å². The molecule has 9 aromatic rings. The van der Waals surface area contributed by atoms with Crippen LogP contribution >= 0.6 is 0 Å². The minimum absolute atomic E-state index is 0.0196. The van der Waals surface area contributed by atoms with E-state index in [4.69, 9.17) is 0 Å². The Hall–Kier alpha value is -6.62. The summed E-state index contributed by atoms with van der Waals surface area (Å²) in [4.78, 5) is 1.64. The Bertz CT molecular complexity index is 2780. The molecule has 0 atom stereocenters. The fourth-order valence-electron chi connectivity index (χ4n) is 7.56. The minimum atomic E-state index is -1.55. The quantitative estimate of drug-likeness (QED) is 0.117. The van der Waals surface area contributed by atoms with Crippen molar-refractivity contribution in [1.29, 1.82) is 0 Å². The van der Waals surface area contributed by atoms with Gasteiger partial charge in [0.2, 0.25) is 0 Å². The Kier molecular flexibility index (Phi) is 8.11. The van der Waals surface area contributed by atoms with Gasteiger partial charge in [-0.15, -0.1) is 0 Å². The van der Waals surface area contributed by atoms with Gasteiger partial charge in [-0.3, -0.25) is 0 Å². The number of benzene rings is 7. The Morgan fingerprint density at radius 2 is 0.800 bits per heavy atom. The monoisotopic (exact) mass is 747 g/mol. The minimum Gasteiger partial charge on any atom is -0.336 e. The van der Waals surface area contributed by atoms with Crippen molar-refractivity contribution >= 4 is 60.7 Å². The molecule has 0 aliphatic carbocycles. The third-order valence-electron chi connectivity index (χ3n) is 9.95. The smallest absolute Gasteiger partial charge is 0.194 e. The van der Waals surface area contributed by atoms with Gasteiger partial charge in [-0.25, -0.2) is 35.1 Å². The average Bonchev–Trinajstić information content (AvgIpc) is 3.65. The second-order valence-electron chi connectivity index (χ2n) is 13.3. The molecular weight excluding hydrogens is 722 g/mol. The van der Waals surface area contributed by atoms with Crippen molar-refractivity contribution in [3.05, 3.63) is 185 Å². The molecule has 11 heteroatoms. The molecule has 2 heterocycles. The Balaban J connectivity index is 1.22. The number of nitrogens with zero attached hydrogens (tertiary/aromatic N) is 3. The first-order valence-corrected chi connectivity index (χ1v) is 17.1. The van der Waals surface area contributed by atoms with Gasteiger partial charge in [0.15, 0.2) is 34.9 Å². The van der Waals surface area contributed by atoms with Crippen LogP contribution in [0.15, 0.2) is 127 Å². The van der Waals surface area contributed by atoms with E-state index in [1.54, 1.807) is 29.2 Å². The fourth-order valence-corrected chi connectivity index (χ4v) is 7.56. The molecule has 0 radical (unpaired) electrons. The van der Waals surface area contributed by atoms with Gasteiger partial charge in [-0.1, -0.05) is 36.4 Å². The van der Waals surface area contributed by atoms with Gasteiger partial charge < -0.3 is 14.0 Å². The van der Waals surface area contributed by atoms with Crippen molar-refractivity contribution < 1.29 is 35.1 Å². The largest absolute Gasteiger partial charge is 0.336 e. The van der Waals surface area contributed by atoms with Crippen LogP contribution in [0.3, 0.4) is 0 Å². The van der Waals surface area contributed by atoms with Crippen LogP contribution in [0.1, 0.15) is 11.1 Å². The molecule has 9 rings (SSSR count).